The molecular weight excluding hydrogens is 291 g/mol. The summed E-state index contributed by atoms with van der Waals surface area (Å²) in [5, 5.41) is 3.38. The smallest absolute Gasteiger partial charge is 0.237 e. The second kappa shape index (κ2) is 5.55. The van der Waals surface area contributed by atoms with Gasteiger partial charge < -0.3 is 10.2 Å². The van der Waals surface area contributed by atoms with Crippen molar-refractivity contribution in [1.82, 2.24) is 0 Å². The molecule has 0 saturated carbocycles. The summed E-state index contributed by atoms with van der Waals surface area (Å²) in [6, 6.07) is 5.44. The van der Waals surface area contributed by atoms with Gasteiger partial charge in [-0.25, -0.2) is 0 Å². The Balaban J connectivity index is 2.85. The lowest BCUT2D eigenvalue weighted by Crippen LogP contribution is -2.20. The zero-order chi connectivity index (χ0) is 12.3. The largest absolute Gasteiger partial charge is 0.376 e. The maximum Gasteiger partial charge on any atom is 0.237 e. The normalized spacial score (nSPS) is 12.1. The van der Waals surface area contributed by atoms with Crippen molar-refractivity contribution in [2.75, 3.05) is 24.3 Å². The van der Waals surface area contributed by atoms with Gasteiger partial charge in [0.15, 0.2) is 0 Å². The molecular formula is C11H14BrClN2O. The highest BCUT2D eigenvalue weighted by Crippen LogP contribution is 2.27. The molecule has 16 heavy (non-hydrogen) atoms. The van der Waals surface area contributed by atoms with Crippen molar-refractivity contribution in [2.24, 2.45) is 0 Å². The highest BCUT2D eigenvalue weighted by atomic mass is 79.9. The molecule has 0 fully saturated rings. The van der Waals surface area contributed by atoms with Gasteiger partial charge in [-0.05, 0) is 25.1 Å². The van der Waals surface area contributed by atoms with Crippen LogP contribution in [0.2, 0.25) is 5.02 Å². The van der Waals surface area contributed by atoms with E-state index in [1.54, 1.807) is 13.0 Å². The van der Waals surface area contributed by atoms with Gasteiger partial charge in [-0.1, -0.05) is 27.5 Å². The number of alkyl halides is 1. The molecule has 0 bridgehead atoms. The van der Waals surface area contributed by atoms with E-state index in [0.29, 0.717) is 10.7 Å². The predicted molar refractivity (Wildman–Crippen MR) is 72.8 cm³/mol. The first-order chi connectivity index (χ1) is 7.41. The summed E-state index contributed by atoms with van der Waals surface area (Å²) in [7, 11) is 3.83. The molecule has 1 unspecified atom stereocenters. The fourth-order valence-corrected chi connectivity index (χ4v) is 1.65. The van der Waals surface area contributed by atoms with Crippen LogP contribution < -0.4 is 10.2 Å². The second-order valence-corrected chi connectivity index (χ2v) is 5.45. The van der Waals surface area contributed by atoms with Crippen molar-refractivity contribution >= 4 is 44.8 Å². The Kier molecular flexibility index (Phi) is 4.62. The van der Waals surface area contributed by atoms with Gasteiger partial charge in [-0.3, -0.25) is 4.79 Å². The van der Waals surface area contributed by atoms with E-state index in [2.05, 4.69) is 21.2 Å². The molecule has 0 aliphatic carbocycles. The molecule has 0 saturated heterocycles. The summed E-state index contributed by atoms with van der Waals surface area (Å²) in [4.78, 5) is 13.1. The Hall–Kier alpha value is -0.740. The van der Waals surface area contributed by atoms with E-state index in [9.17, 15) is 4.79 Å². The van der Waals surface area contributed by atoms with Gasteiger partial charge in [0.1, 0.15) is 0 Å². The van der Waals surface area contributed by atoms with E-state index in [1.807, 2.05) is 31.1 Å². The predicted octanol–water partition coefficient (Wildman–Crippen LogP) is 3.13. The van der Waals surface area contributed by atoms with Crippen LogP contribution in [0.5, 0.6) is 0 Å². The molecule has 1 N–H and O–H groups in total. The molecule has 0 spiro atoms. The van der Waals surface area contributed by atoms with E-state index < -0.39 is 0 Å². The van der Waals surface area contributed by atoms with E-state index >= 15 is 0 Å². The number of nitrogens with zero attached hydrogens (tertiary/aromatic N) is 1. The topological polar surface area (TPSA) is 32.3 Å². The van der Waals surface area contributed by atoms with E-state index in [4.69, 9.17) is 11.6 Å². The molecule has 5 heteroatoms. The van der Waals surface area contributed by atoms with Crippen LogP contribution in [0.3, 0.4) is 0 Å². The van der Waals surface area contributed by atoms with Crippen LogP contribution in [-0.4, -0.2) is 24.8 Å². The van der Waals surface area contributed by atoms with Crippen molar-refractivity contribution in [3.8, 4) is 0 Å². The second-order valence-electron chi connectivity index (χ2n) is 3.67. The quantitative estimate of drug-likeness (QED) is 0.870. The van der Waals surface area contributed by atoms with Gasteiger partial charge in [0.25, 0.3) is 0 Å². The van der Waals surface area contributed by atoms with Crippen molar-refractivity contribution < 1.29 is 4.79 Å². The summed E-state index contributed by atoms with van der Waals surface area (Å²) < 4.78 is 0. The third-order valence-corrected chi connectivity index (χ3v) is 2.78. The standard InChI is InChI=1S/C11H14BrClN2O/c1-7(12)11(16)14-8-4-5-10(15(2)3)9(13)6-8/h4-7H,1-3H3,(H,14,16). The number of carbonyl (C=O) groups is 1. The first-order valence-corrected chi connectivity index (χ1v) is 6.13. The molecule has 1 aromatic rings. The van der Waals surface area contributed by atoms with Gasteiger partial charge in [-0.15, -0.1) is 0 Å². The van der Waals surface area contributed by atoms with Gasteiger partial charge in [-0.2, -0.15) is 0 Å². The summed E-state index contributed by atoms with van der Waals surface area (Å²) >= 11 is 9.28. The lowest BCUT2D eigenvalue weighted by molar-refractivity contribution is -0.115. The number of anilines is 2. The monoisotopic (exact) mass is 304 g/mol. The zero-order valence-corrected chi connectivity index (χ0v) is 11.8. The zero-order valence-electron chi connectivity index (χ0n) is 9.42. The fourth-order valence-electron chi connectivity index (χ4n) is 1.19. The van der Waals surface area contributed by atoms with Crippen molar-refractivity contribution in [2.45, 2.75) is 11.8 Å². The maximum atomic E-state index is 11.4. The van der Waals surface area contributed by atoms with Gasteiger partial charge in [0, 0.05) is 19.8 Å². The summed E-state index contributed by atoms with van der Waals surface area (Å²) in [6.45, 7) is 1.77. The Labute approximate surface area is 109 Å². The SMILES string of the molecule is CC(Br)C(=O)Nc1ccc(N(C)C)c(Cl)c1. The van der Waals surface area contributed by atoms with E-state index in [0.717, 1.165) is 5.69 Å². The number of carbonyl (C=O) groups excluding carboxylic acids is 1. The van der Waals surface area contributed by atoms with Crippen LogP contribution >= 0.6 is 27.5 Å². The third kappa shape index (κ3) is 3.39. The molecule has 0 aliphatic rings. The molecule has 0 aromatic heterocycles. The lowest BCUT2D eigenvalue weighted by Gasteiger charge is -2.15. The summed E-state index contributed by atoms with van der Waals surface area (Å²) in [5.74, 6) is -0.0892. The molecule has 1 amide bonds. The number of hydrogen-bond acceptors (Lipinski definition) is 2. The Morgan fingerprint density at radius 3 is 2.56 bits per heavy atom. The van der Waals surface area contributed by atoms with Crippen LogP contribution in [0.1, 0.15) is 6.92 Å². The van der Waals surface area contributed by atoms with Crippen molar-refractivity contribution in [3.63, 3.8) is 0 Å². The van der Waals surface area contributed by atoms with Crippen LogP contribution in [-0.2, 0) is 4.79 Å². The highest BCUT2D eigenvalue weighted by molar-refractivity contribution is 9.10. The van der Waals surface area contributed by atoms with Gasteiger partial charge in [0.2, 0.25) is 5.91 Å². The van der Waals surface area contributed by atoms with E-state index in [1.165, 1.54) is 0 Å². The minimum Gasteiger partial charge on any atom is -0.376 e. The van der Waals surface area contributed by atoms with Crippen LogP contribution in [0, 0.1) is 0 Å². The molecule has 0 heterocycles. The Bertz CT molecular complexity index is 394. The summed E-state index contributed by atoms with van der Waals surface area (Å²) in [6.07, 6.45) is 0. The van der Waals surface area contributed by atoms with Crippen LogP contribution in [0.4, 0.5) is 11.4 Å². The Morgan fingerprint density at radius 1 is 1.50 bits per heavy atom. The molecule has 3 nitrogen and oxygen atoms in total. The molecule has 0 radical (unpaired) electrons. The fraction of sp³-hybridized carbons (Fsp3) is 0.364. The van der Waals surface area contributed by atoms with Crippen LogP contribution in [0.25, 0.3) is 0 Å². The molecule has 0 aliphatic heterocycles. The first kappa shape index (κ1) is 13.3. The van der Waals surface area contributed by atoms with E-state index in [-0.39, 0.29) is 10.7 Å². The highest BCUT2D eigenvalue weighted by Gasteiger charge is 2.10. The number of halogens is 2. The lowest BCUT2D eigenvalue weighted by atomic mass is 10.2. The average Bonchev–Trinajstić information content (AvgIpc) is 2.16. The molecule has 1 rings (SSSR count). The molecule has 1 aromatic carbocycles. The number of rotatable bonds is 3. The maximum absolute atomic E-state index is 11.4. The van der Waals surface area contributed by atoms with Gasteiger partial charge in [0.05, 0.1) is 15.5 Å². The average molecular weight is 306 g/mol. The van der Waals surface area contributed by atoms with Crippen LogP contribution in [0.15, 0.2) is 18.2 Å². The number of amides is 1. The Morgan fingerprint density at radius 2 is 2.12 bits per heavy atom. The van der Waals surface area contributed by atoms with Gasteiger partial charge >= 0.3 is 0 Å². The first-order valence-electron chi connectivity index (χ1n) is 4.83. The van der Waals surface area contributed by atoms with Crippen molar-refractivity contribution in [3.05, 3.63) is 23.2 Å². The molecule has 88 valence electrons. The van der Waals surface area contributed by atoms with Crippen molar-refractivity contribution in [1.29, 1.82) is 0 Å². The number of hydrogen-bond donors (Lipinski definition) is 1. The molecule has 1 atom stereocenters. The number of benzene rings is 1. The summed E-state index contributed by atoms with van der Waals surface area (Å²) in [5.41, 5.74) is 1.62. The number of nitrogens with one attached hydrogen (secondary N) is 1. The third-order valence-electron chi connectivity index (χ3n) is 2.06. The minimum absolute atomic E-state index is 0.0892. The minimum atomic E-state index is -0.222.